The second kappa shape index (κ2) is 11.8. The van der Waals surface area contributed by atoms with Gasteiger partial charge in [-0.2, -0.15) is 0 Å². The van der Waals surface area contributed by atoms with E-state index in [0.717, 1.165) is 29.0 Å². The van der Waals surface area contributed by atoms with Crippen LogP contribution in [0.25, 0.3) is 22.1 Å². The summed E-state index contributed by atoms with van der Waals surface area (Å²) >= 11 is 0. The normalized spacial score (nSPS) is 13.0. The largest absolute Gasteiger partial charge is 0.478 e. The fourth-order valence-corrected chi connectivity index (χ4v) is 4.41. The smallest absolute Gasteiger partial charge is 0.200 e. The van der Waals surface area contributed by atoms with Crippen LogP contribution >= 0.6 is 0 Å². The monoisotopic (exact) mass is 470 g/mol. The molecule has 0 unspecified atom stereocenters. The minimum atomic E-state index is -0.0102. The molecule has 0 radical (unpaired) electrons. The van der Waals surface area contributed by atoms with E-state index in [9.17, 15) is 4.79 Å². The van der Waals surface area contributed by atoms with Gasteiger partial charge in [0.25, 0.3) is 0 Å². The Morgan fingerprint density at radius 1 is 0.943 bits per heavy atom. The number of hydrogen-bond acceptors (Lipinski definition) is 5. The molecule has 2 aromatic carbocycles. The first-order valence-corrected chi connectivity index (χ1v) is 12.5. The van der Waals surface area contributed by atoms with Gasteiger partial charge in [-0.05, 0) is 42.3 Å². The van der Waals surface area contributed by atoms with Crippen LogP contribution in [0.3, 0.4) is 0 Å². The highest BCUT2D eigenvalue weighted by Crippen LogP contribution is 2.34. The second-order valence-electron chi connectivity index (χ2n) is 8.97. The summed E-state index contributed by atoms with van der Waals surface area (Å²) in [7, 11) is 0. The lowest BCUT2D eigenvalue weighted by Crippen LogP contribution is -2.31. The predicted octanol–water partition coefficient (Wildman–Crippen LogP) is 7.10. The van der Waals surface area contributed by atoms with Crippen molar-refractivity contribution in [1.29, 1.82) is 0 Å². The number of nitrogens with zero attached hydrogens (tertiary/aromatic N) is 2. The molecule has 0 saturated heterocycles. The maximum absolute atomic E-state index is 13.3. The minimum absolute atomic E-state index is 0.0102. The Labute approximate surface area is 207 Å². The Kier molecular flexibility index (Phi) is 8.32. The average Bonchev–Trinajstić information content (AvgIpc) is 2.89. The molecule has 0 spiro atoms. The molecule has 0 saturated carbocycles. The molecule has 3 heterocycles. The van der Waals surface area contributed by atoms with Crippen molar-refractivity contribution in [1.82, 2.24) is 9.88 Å². The van der Waals surface area contributed by atoms with Crippen LogP contribution in [0.4, 0.5) is 0 Å². The Hall–Kier alpha value is -3.44. The molecule has 182 valence electrons. The molecule has 0 bridgehead atoms. The van der Waals surface area contributed by atoms with Gasteiger partial charge < -0.3 is 9.15 Å². The number of ether oxygens (including phenoxy) is 1. The van der Waals surface area contributed by atoms with Crippen molar-refractivity contribution < 1.29 is 9.15 Å². The molecule has 1 aliphatic heterocycles. The van der Waals surface area contributed by atoms with E-state index >= 15 is 0 Å². The Balaban J connectivity index is 0.000000431. The second-order valence-corrected chi connectivity index (χ2v) is 8.97. The van der Waals surface area contributed by atoms with Gasteiger partial charge in [0, 0.05) is 25.5 Å². The van der Waals surface area contributed by atoms with E-state index in [1.807, 2.05) is 61.5 Å². The molecule has 35 heavy (non-hydrogen) atoms. The SMILES string of the molecule is CCCCCC.Cc1oc2c3c(ccc2c(=O)c1-c1ccccc1)OCN(Cc1ccncc1)C3. The molecule has 5 heteroatoms. The number of benzene rings is 2. The first-order chi connectivity index (χ1) is 17.1. The summed E-state index contributed by atoms with van der Waals surface area (Å²) < 4.78 is 12.2. The molecule has 0 N–H and O–H groups in total. The Morgan fingerprint density at radius 2 is 1.66 bits per heavy atom. The topological polar surface area (TPSA) is 55.6 Å². The first kappa shape index (κ1) is 24.7. The van der Waals surface area contributed by atoms with Crippen molar-refractivity contribution >= 4 is 11.0 Å². The van der Waals surface area contributed by atoms with Crippen LogP contribution in [0.2, 0.25) is 0 Å². The van der Waals surface area contributed by atoms with Gasteiger partial charge >= 0.3 is 0 Å². The van der Waals surface area contributed by atoms with E-state index in [-0.39, 0.29) is 5.43 Å². The van der Waals surface area contributed by atoms with E-state index in [2.05, 4.69) is 23.7 Å². The maximum Gasteiger partial charge on any atom is 0.200 e. The highest BCUT2D eigenvalue weighted by molar-refractivity contribution is 5.86. The first-order valence-electron chi connectivity index (χ1n) is 12.5. The number of aryl methyl sites for hydroxylation is 1. The van der Waals surface area contributed by atoms with E-state index in [0.29, 0.717) is 35.6 Å². The molecule has 2 aromatic heterocycles. The quantitative estimate of drug-likeness (QED) is 0.281. The Morgan fingerprint density at radius 3 is 2.34 bits per heavy atom. The summed E-state index contributed by atoms with van der Waals surface area (Å²) in [5, 5.41) is 0.586. The third-order valence-corrected chi connectivity index (χ3v) is 6.26. The summed E-state index contributed by atoms with van der Waals surface area (Å²) in [4.78, 5) is 19.5. The lowest BCUT2D eigenvalue weighted by molar-refractivity contribution is 0.0889. The van der Waals surface area contributed by atoms with Crippen molar-refractivity contribution in [3.05, 3.63) is 94.1 Å². The number of unbranched alkanes of at least 4 members (excludes halogenated alkanes) is 3. The zero-order chi connectivity index (χ0) is 24.6. The summed E-state index contributed by atoms with van der Waals surface area (Å²) in [6, 6.07) is 17.3. The van der Waals surface area contributed by atoms with E-state index in [1.165, 1.54) is 25.7 Å². The predicted molar refractivity (Wildman–Crippen MR) is 141 cm³/mol. The minimum Gasteiger partial charge on any atom is -0.478 e. The van der Waals surface area contributed by atoms with Gasteiger partial charge in [-0.3, -0.25) is 14.7 Å². The molecule has 0 fully saturated rings. The van der Waals surface area contributed by atoms with Crippen LogP contribution in [0.1, 0.15) is 56.4 Å². The lowest BCUT2D eigenvalue weighted by Gasteiger charge is -2.29. The maximum atomic E-state index is 13.3. The zero-order valence-electron chi connectivity index (χ0n) is 20.9. The summed E-state index contributed by atoms with van der Waals surface area (Å²) in [6.07, 6.45) is 9.11. The van der Waals surface area contributed by atoms with Gasteiger partial charge in [-0.15, -0.1) is 0 Å². The number of hydrogen-bond donors (Lipinski definition) is 0. The highest BCUT2D eigenvalue weighted by Gasteiger charge is 2.24. The fraction of sp³-hybridized carbons (Fsp3) is 0.333. The lowest BCUT2D eigenvalue weighted by atomic mass is 10.0. The molecule has 5 nitrogen and oxygen atoms in total. The standard InChI is InChI=1S/C24H20N2O3.C6H14/c1-16-22(18-5-3-2-4-6-18)23(27)19-7-8-21-20(24(19)29-16)14-26(15-28-21)13-17-9-11-25-12-10-17;1-3-5-6-4-2/h2-12H,13-15H2,1H3;3-6H2,1-2H3. The van der Waals surface area contributed by atoms with Crippen molar-refractivity contribution in [2.24, 2.45) is 0 Å². The van der Waals surface area contributed by atoms with Crippen LogP contribution < -0.4 is 10.2 Å². The number of aromatic nitrogens is 1. The van der Waals surface area contributed by atoms with E-state index in [4.69, 9.17) is 9.15 Å². The summed E-state index contributed by atoms with van der Waals surface area (Å²) in [6.45, 7) is 8.20. The fourth-order valence-electron chi connectivity index (χ4n) is 4.41. The van der Waals surface area contributed by atoms with Gasteiger partial charge in [0.1, 0.15) is 23.8 Å². The molecule has 0 atom stereocenters. The summed E-state index contributed by atoms with van der Waals surface area (Å²) in [5.74, 6) is 1.40. The third kappa shape index (κ3) is 5.80. The molecule has 1 aliphatic rings. The number of rotatable bonds is 6. The molecule has 0 aliphatic carbocycles. The van der Waals surface area contributed by atoms with Gasteiger partial charge in [0.15, 0.2) is 0 Å². The van der Waals surface area contributed by atoms with Crippen molar-refractivity contribution in [3.8, 4) is 16.9 Å². The zero-order valence-corrected chi connectivity index (χ0v) is 20.9. The van der Waals surface area contributed by atoms with Crippen LogP contribution in [-0.4, -0.2) is 16.6 Å². The highest BCUT2D eigenvalue weighted by atomic mass is 16.5. The summed E-state index contributed by atoms with van der Waals surface area (Å²) in [5.41, 5.74) is 4.17. The van der Waals surface area contributed by atoms with Gasteiger partial charge in [-0.1, -0.05) is 69.9 Å². The van der Waals surface area contributed by atoms with Crippen LogP contribution in [0, 0.1) is 6.92 Å². The molecule has 4 aromatic rings. The van der Waals surface area contributed by atoms with Crippen molar-refractivity contribution in [2.45, 2.75) is 59.5 Å². The van der Waals surface area contributed by atoms with Crippen LogP contribution in [0.15, 0.2) is 76.2 Å². The van der Waals surface area contributed by atoms with Crippen LogP contribution in [0.5, 0.6) is 5.75 Å². The van der Waals surface area contributed by atoms with E-state index in [1.54, 1.807) is 12.4 Å². The van der Waals surface area contributed by atoms with Gasteiger partial charge in [-0.25, -0.2) is 0 Å². The number of fused-ring (bicyclic) bond motifs is 3. The molecule has 0 amide bonds. The molecular weight excluding hydrogens is 436 g/mol. The average molecular weight is 471 g/mol. The van der Waals surface area contributed by atoms with Gasteiger partial charge in [0.2, 0.25) is 5.43 Å². The number of pyridine rings is 1. The van der Waals surface area contributed by atoms with Crippen molar-refractivity contribution in [2.75, 3.05) is 6.73 Å². The van der Waals surface area contributed by atoms with Gasteiger partial charge in [0.05, 0.1) is 16.5 Å². The molecule has 5 rings (SSSR count). The van der Waals surface area contributed by atoms with Crippen molar-refractivity contribution in [3.63, 3.8) is 0 Å². The van der Waals surface area contributed by atoms with E-state index < -0.39 is 0 Å². The molecular formula is C30H34N2O3. The third-order valence-electron chi connectivity index (χ3n) is 6.26. The van der Waals surface area contributed by atoms with Crippen LogP contribution in [-0.2, 0) is 13.1 Å². The Bertz CT molecular complexity index is 1300.